The number of furan rings is 1. The number of hydrogen-bond acceptors (Lipinski definition) is 4. The van der Waals surface area contributed by atoms with Crippen molar-refractivity contribution in [2.24, 2.45) is 0 Å². The Morgan fingerprint density at radius 2 is 0.932 bits per heavy atom. The summed E-state index contributed by atoms with van der Waals surface area (Å²) in [5, 5.41) is 9.95. The molecule has 206 valence electrons. The van der Waals surface area contributed by atoms with Crippen LogP contribution in [0.25, 0.3) is 73.1 Å². The summed E-state index contributed by atoms with van der Waals surface area (Å²) in [5.41, 5.74) is 5.28. The van der Waals surface area contributed by atoms with E-state index in [0.29, 0.717) is 0 Å². The van der Waals surface area contributed by atoms with Gasteiger partial charge >= 0.3 is 0 Å². The molecule has 0 amide bonds. The predicted molar refractivity (Wildman–Crippen MR) is 192 cm³/mol. The highest BCUT2D eigenvalue weighted by Gasteiger charge is 2.20. The average Bonchev–Trinajstić information content (AvgIpc) is 3.75. The summed E-state index contributed by atoms with van der Waals surface area (Å²) in [6, 6.07) is 50.6. The van der Waals surface area contributed by atoms with E-state index in [2.05, 4.69) is 138 Å². The lowest BCUT2D eigenvalue weighted by Gasteiger charge is -2.27. The van der Waals surface area contributed by atoms with Gasteiger partial charge in [0.15, 0.2) is 0 Å². The summed E-state index contributed by atoms with van der Waals surface area (Å²) in [6.07, 6.45) is 0. The molecule has 0 fully saturated rings. The van der Waals surface area contributed by atoms with Crippen LogP contribution in [0.1, 0.15) is 0 Å². The SMILES string of the molecule is c1ccc2c(c1)oc1ccc3c(N(c4ccc5c(c4)sc4ccccc45)c4ccc5c(c4)sc4ccccc45)cccc3c12. The maximum atomic E-state index is 6.27. The molecule has 0 spiro atoms. The Morgan fingerprint density at radius 3 is 1.61 bits per heavy atom. The van der Waals surface area contributed by atoms with Crippen LogP contribution in [-0.2, 0) is 0 Å². The van der Waals surface area contributed by atoms with Gasteiger partial charge in [-0.1, -0.05) is 78.9 Å². The third-order valence-electron chi connectivity index (χ3n) is 8.86. The zero-order valence-electron chi connectivity index (χ0n) is 23.5. The molecule has 0 aliphatic carbocycles. The Bertz CT molecular complexity index is 2630. The molecule has 0 unspecified atom stereocenters. The summed E-state index contributed by atoms with van der Waals surface area (Å²) in [4.78, 5) is 2.43. The van der Waals surface area contributed by atoms with E-state index in [4.69, 9.17) is 4.42 Å². The van der Waals surface area contributed by atoms with Crippen LogP contribution in [0.15, 0.2) is 144 Å². The lowest BCUT2D eigenvalue weighted by molar-refractivity contribution is 0.669. The van der Waals surface area contributed by atoms with Gasteiger partial charge < -0.3 is 9.32 Å². The third-order valence-corrected chi connectivity index (χ3v) is 11.1. The number of fused-ring (bicyclic) bond motifs is 11. The molecule has 0 bridgehead atoms. The van der Waals surface area contributed by atoms with Crippen molar-refractivity contribution >= 4 is 113 Å². The number of hydrogen-bond donors (Lipinski definition) is 0. The first-order chi connectivity index (χ1) is 21.8. The van der Waals surface area contributed by atoms with Gasteiger partial charge in [0.1, 0.15) is 11.2 Å². The van der Waals surface area contributed by atoms with Crippen molar-refractivity contribution in [1.82, 2.24) is 0 Å². The van der Waals surface area contributed by atoms with E-state index in [-0.39, 0.29) is 0 Å². The second kappa shape index (κ2) is 9.17. The van der Waals surface area contributed by atoms with E-state index in [1.165, 1.54) is 56.5 Å². The summed E-state index contributed by atoms with van der Waals surface area (Å²) in [6.45, 7) is 0. The van der Waals surface area contributed by atoms with Gasteiger partial charge in [-0.25, -0.2) is 0 Å². The van der Waals surface area contributed by atoms with Crippen molar-refractivity contribution in [3.05, 3.63) is 140 Å². The van der Waals surface area contributed by atoms with Gasteiger partial charge in [0, 0.05) is 67.9 Å². The number of benzene rings is 7. The second-order valence-electron chi connectivity index (χ2n) is 11.3. The van der Waals surface area contributed by atoms with Crippen LogP contribution in [-0.4, -0.2) is 0 Å². The number of rotatable bonds is 3. The van der Waals surface area contributed by atoms with Crippen molar-refractivity contribution in [2.45, 2.75) is 0 Å². The fraction of sp³-hybridized carbons (Fsp3) is 0. The summed E-state index contributed by atoms with van der Waals surface area (Å²) in [5.74, 6) is 0. The zero-order chi connectivity index (χ0) is 28.8. The molecule has 3 heterocycles. The molecular weight excluding hydrogens is 575 g/mol. The Morgan fingerprint density at radius 1 is 0.386 bits per heavy atom. The average molecular weight is 598 g/mol. The van der Waals surface area contributed by atoms with Crippen molar-refractivity contribution in [2.75, 3.05) is 4.90 Å². The molecule has 0 aliphatic rings. The van der Waals surface area contributed by atoms with Crippen LogP contribution in [0.3, 0.4) is 0 Å². The monoisotopic (exact) mass is 597 g/mol. The third kappa shape index (κ3) is 3.47. The summed E-state index contributed by atoms with van der Waals surface area (Å²) in [7, 11) is 0. The topological polar surface area (TPSA) is 16.4 Å². The molecule has 10 rings (SSSR count). The van der Waals surface area contributed by atoms with Crippen molar-refractivity contribution in [1.29, 1.82) is 0 Å². The van der Waals surface area contributed by atoms with Gasteiger partial charge in [-0.05, 0) is 66.0 Å². The van der Waals surface area contributed by atoms with Gasteiger partial charge in [-0.2, -0.15) is 0 Å². The van der Waals surface area contributed by atoms with Crippen molar-refractivity contribution in [3.8, 4) is 0 Å². The van der Waals surface area contributed by atoms with Crippen LogP contribution < -0.4 is 4.90 Å². The van der Waals surface area contributed by atoms with E-state index >= 15 is 0 Å². The molecule has 0 atom stereocenters. The maximum absolute atomic E-state index is 6.27. The van der Waals surface area contributed by atoms with Crippen LogP contribution in [0.2, 0.25) is 0 Å². The molecule has 3 aromatic heterocycles. The quantitative estimate of drug-likeness (QED) is 0.201. The molecule has 0 aliphatic heterocycles. The van der Waals surface area contributed by atoms with E-state index in [0.717, 1.165) is 33.6 Å². The first-order valence-electron chi connectivity index (χ1n) is 14.8. The summed E-state index contributed by atoms with van der Waals surface area (Å²) < 4.78 is 11.5. The fourth-order valence-electron chi connectivity index (χ4n) is 6.89. The summed E-state index contributed by atoms with van der Waals surface area (Å²) >= 11 is 3.72. The molecule has 4 heteroatoms. The minimum absolute atomic E-state index is 0.917. The first kappa shape index (κ1) is 24.3. The van der Waals surface area contributed by atoms with Gasteiger partial charge in [0.25, 0.3) is 0 Å². The molecule has 10 aromatic rings. The van der Waals surface area contributed by atoms with Gasteiger partial charge in [0.2, 0.25) is 0 Å². The van der Waals surface area contributed by atoms with Gasteiger partial charge in [0.05, 0.1) is 5.69 Å². The molecule has 44 heavy (non-hydrogen) atoms. The van der Waals surface area contributed by atoms with Crippen molar-refractivity contribution in [3.63, 3.8) is 0 Å². The van der Waals surface area contributed by atoms with E-state index in [1.807, 2.05) is 28.7 Å². The fourth-order valence-corrected chi connectivity index (χ4v) is 9.17. The minimum atomic E-state index is 0.917. The van der Waals surface area contributed by atoms with E-state index in [9.17, 15) is 0 Å². The normalized spacial score (nSPS) is 12.1. The lowest BCUT2D eigenvalue weighted by Crippen LogP contribution is -2.10. The highest BCUT2D eigenvalue weighted by molar-refractivity contribution is 7.26. The van der Waals surface area contributed by atoms with E-state index < -0.39 is 0 Å². The predicted octanol–water partition coefficient (Wildman–Crippen LogP) is 12.9. The number of para-hydroxylation sites is 1. The van der Waals surface area contributed by atoms with Crippen LogP contribution in [0.4, 0.5) is 17.1 Å². The minimum Gasteiger partial charge on any atom is -0.456 e. The molecule has 0 radical (unpaired) electrons. The largest absolute Gasteiger partial charge is 0.456 e. The van der Waals surface area contributed by atoms with Crippen LogP contribution in [0, 0.1) is 0 Å². The Balaban J connectivity index is 1.27. The molecule has 7 aromatic carbocycles. The smallest absolute Gasteiger partial charge is 0.136 e. The first-order valence-corrected chi connectivity index (χ1v) is 16.4. The highest BCUT2D eigenvalue weighted by Crippen LogP contribution is 2.46. The zero-order valence-corrected chi connectivity index (χ0v) is 25.1. The Labute approximate surface area is 260 Å². The lowest BCUT2D eigenvalue weighted by atomic mass is 10.0. The second-order valence-corrected chi connectivity index (χ2v) is 13.5. The number of anilines is 3. The van der Waals surface area contributed by atoms with Gasteiger partial charge in [-0.3, -0.25) is 0 Å². The Kier molecular flexibility index (Phi) is 5.06. The maximum Gasteiger partial charge on any atom is 0.136 e. The van der Waals surface area contributed by atoms with E-state index in [1.54, 1.807) is 0 Å². The number of nitrogens with zero attached hydrogens (tertiary/aromatic N) is 1. The van der Waals surface area contributed by atoms with Gasteiger partial charge in [-0.15, -0.1) is 22.7 Å². The molecule has 2 nitrogen and oxygen atoms in total. The molecule has 0 saturated heterocycles. The van der Waals surface area contributed by atoms with Crippen molar-refractivity contribution < 1.29 is 4.42 Å². The number of thiophene rings is 2. The standard InChI is InChI=1S/C40H23NOS2/c1-4-13-34-32(10-1)40-31-11-7-12-33(26(31)20-21-35(40)42-34)41(24-16-18-29-27-8-2-5-14-36(27)43-38(29)22-24)25-17-19-30-28-9-3-6-15-37(28)44-39(30)23-25/h1-23H. The van der Waals surface area contributed by atoms with Crippen LogP contribution >= 0.6 is 22.7 Å². The molecule has 0 N–H and O–H groups in total. The Hall–Kier alpha value is -5.16. The molecule has 0 saturated carbocycles. The van der Waals surface area contributed by atoms with Crippen LogP contribution in [0.5, 0.6) is 0 Å². The molecular formula is C40H23NOS2. The highest BCUT2D eigenvalue weighted by atomic mass is 32.1.